The van der Waals surface area contributed by atoms with Crippen LogP contribution in [0.2, 0.25) is 0 Å². The average Bonchev–Trinajstić information content (AvgIpc) is 3.32. The first-order valence-corrected chi connectivity index (χ1v) is 10.2. The minimum atomic E-state index is -0.318. The number of thiophene rings is 1. The highest BCUT2D eigenvalue weighted by Gasteiger charge is 2.20. The number of nitrogens with one attached hydrogen (secondary N) is 1. The second kappa shape index (κ2) is 10.3. The van der Waals surface area contributed by atoms with Gasteiger partial charge >= 0.3 is 0 Å². The van der Waals surface area contributed by atoms with Crippen LogP contribution in [0, 0.1) is 5.92 Å². The van der Waals surface area contributed by atoms with Crippen LogP contribution in [-0.2, 0) is 0 Å². The number of rotatable bonds is 10. The molecular formula is C20H29N3O3S. The van der Waals surface area contributed by atoms with Gasteiger partial charge in [0.1, 0.15) is 0 Å². The molecule has 148 valence electrons. The van der Waals surface area contributed by atoms with Crippen LogP contribution in [0.25, 0.3) is 0 Å². The summed E-state index contributed by atoms with van der Waals surface area (Å²) in [6.07, 6.45) is 1.46. The highest BCUT2D eigenvalue weighted by Crippen LogP contribution is 2.24. The van der Waals surface area contributed by atoms with Crippen LogP contribution in [0.5, 0.6) is 0 Å². The summed E-state index contributed by atoms with van der Waals surface area (Å²) >= 11 is 1.29. The second-order valence-corrected chi connectivity index (χ2v) is 7.85. The van der Waals surface area contributed by atoms with Gasteiger partial charge in [-0.15, -0.1) is 11.3 Å². The van der Waals surface area contributed by atoms with E-state index in [9.17, 15) is 9.59 Å². The van der Waals surface area contributed by atoms with Gasteiger partial charge in [0.2, 0.25) is 0 Å². The number of furan rings is 1. The molecule has 2 aromatic rings. The highest BCUT2D eigenvalue weighted by atomic mass is 32.1. The zero-order valence-corrected chi connectivity index (χ0v) is 17.3. The molecule has 0 aliphatic rings. The molecule has 2 rings (SSSR count). The molecule has 1 N–H and O–H groups in total. The van der Waals surface area contributed by atoms with Crippen LogP contribution < -0.4 is 5.32 Å². The average molecular weight is 392 g/mol. The van der Waals surface area contributed by atoms with Gasteiger partial charge in [0.25, 0.3) is 11.8 Å². The maximum Gasteiger partial charge on any atom is 0.291 e. The molecular weight excluding hydrogens is 362 g/mol. The predicted octanol–water partition coefficient (Wildman–Crippen LogP) is 4.03. The van der Waals surface area contributed by atoms with Gasteiger partial charge in [0, 0.05) is 19.6 Å². The van der Waals surface area contributed by atoms with Crippen LogP contribution in [0.4, 0.5) is 5.00 Å². The van der Waals surface area contributed by atoms with Crippen LogP contribution in [-0.4, -0.2) is 54.3 Å². The van der Waals surface area contributed by atoms with E-state index in [4.69, 9.17) is 4.42 Å². The van der Waals surface area contributed by atoms with Crippen molar-refractivity contribution in [3.8, 4) is 0 Å². The molecule has 2 heterocycles. The Morgan fingerprint density at radius 3 is 2.48 bits per heavy atom. The highest BCUT2D eigenvalue weighted by molar-refractivity contribution is 7.18. The maximum absolute atomic E-state index is 13.0. The Balaban J connectivity index is 2.03. The van der Waals surface area contributed by atoms with Gasteiger partial charge in [0.05, 0.1) is 16.1 Å². The van der Waals surface area contributed by atoms with E-state index in [1.54, 1.807) is 24.3 Å². The lowest BCUT2D eigenvalue weighted by molar-refractivity contribution is 0.0721. The van der Waals surface area contributed by atoms with Gasteiger partial charge in [0.15, 0.2) is 5.76 Å². The van der Waals surface area contributed by atoms with E-state index in [0.717, 1.165) is 19.6 Å². The van der Waals surface area contributed by atoms with Crippen molar-refractivity contribution in [1.29, 1.82) is 0 Å². The third-order valence-electron chi connectivity index (χ3n) is 4.25. The third-order valence-corrected chi connectivity index (χ3v) is 5.24. The molecule has 7 heteroatoms. The number of likely N-dealkylation sites (N-methyl/N-ethyl adjacent to an activating group) is 1. The summed E-state index contributed by atoms with van der Waals surface area (Å²) in [5.74, 6) is 0.335. The quantitative estimate of drug-likeness (QED) is 0.664. The monoisotopic (exact) mass is 391 g/mol. The summed E-state index contributed by atoms with van der Waals surface area (Å²) in [4.78, 5) is 29.9. The van der Waals surface area contributed by atoms with Gasteiger partial charge in [-0.2, -0.15) is 0 Å². The molecule has 0 saturated carbocycles. The van der Waals surface area contributed by atoms with Crippen molar-refractivity contribution in [2.45, 2.75) is 27.7 Å². The molecule has 0 aromatic carbocycles. The standard InChI is InChI=1S/C20H29N3O3S/c1-5-22(6-2)11-12-23(14-15(3)4)20(25)17-9-10-18(27-17)21-19(24)16-8-7-13-26-16/h7-10,13,15H,5-6,11-12,14H2,1-4H3,(H,21,24). The summed E-state index contributed by atoms with van der Waals surface area (Å²) in [7, 11) is 0. The van der Waals surface area contributed by atoms with E-state index in [0.29, 0.717) is 28.9 Å². The minimum absolute atomic E-state index is 0.0133. The predicted molar refractivity (Wildman–Crippen MR) is 110 cm³/mol. The fraction of sp³-hybridized carbons (Fsp3) is 0.500. The Bertz CT molecular complexity index is 721. The number of anilines is 1. The lowest BCUT2D eigenvalue weighted by atomic mass is 10.2. The van der Waals surface area contributed by atoms with E-state index < -0.39 is 0 Å². The summed E-state index contributed by atoms with van der Waals surface area (Å²) in [6, 6.07) is 6.80. The summed E-state index contributed by atoms with van der Waals surface area (Å²) in [5.41, 5.74) is 0. The van der Waals surface area contributed by atoms with E-state index >= 15 is 0 Å². The van der Waals surface area contributed by atoms with Crippen molar-refractivity contribution in [2.24, 2.45) is 5.92 Å². The summed E-state index contributed by atoms with van der Waals surface area (Å²) < 4.78 is 5.09. The zero-order valence-electron chi connectivity index (χ0n) is 16.5. The van der Waals surface area contributed by atoms with E-state index in [1.807, 2.05) is 4.90 Å². The smallest absolute Gasteiger partial charge is 0.291 e. The van der Waals surface area contributed by atoms with E-state index in [2.05, 4.69) is 37.9 Å². The molecule has 6 nitrogen and oxygen atoms in total. The van der Waals surface area contributed by atoms with Crippen molar-refractivity contribution in [3.05, 3.63) is 41.2 Å². The normalized spacial score (nSPS) is 11.2. The van der Waals surface area contributed by atoms with Gasteiger partial charge in [-0.1, -0.05) is 27.7 Å². The third kappa shape index (κ3) is 6.22. The SMILES string of the molecule is CCN(CC)CCN(CC(C)C)C(=O)c1ccc(NC(=O)c2ccco2)s1. The van der Waals surface area contributed by atoms with Crippen molar-refractivity contribution in [1.82, 2.24) is 9.80 Å². The van der Waals surface area contributed by atoms with Crippen molar-refractivity contribution < 1.29 is 14.0 Å². The van der Waals surface area contributed by atoms with Crippen molar-refractivity contribution >= 4 is 28.2 Å². The number of hydrogen-bond donors (Lipinski definition) is 1. The van der Waals surface area contributed by atoms with Crippen molar-refractivity contribution in [2.75, 3.05) is 38.0 Å². The van der Waals surface area contributed by atoms with E-state index in [-0.39, 0.29) is 17.6 Å². The Morgan fingerprint density at radius 1 is 1.15 bits per heavy atom. The van der Waals surface area contributed by atoms with E-state index in [1.165, 1.54) is 17.6 Å². The van der Waals surface area contributed by atoms with Crippen LogP contribution in [0.1, 0.15) is 47.9 Å². The topological polar surface area (TPSA) is 65.8 Å². The number of carbonyl (C=O) groups is 2. The van der Waals surface area contributed by atoms with Crippen LogP contribution in [0.15, 0.2) is 34.9 Å². The molecule has 2 aromatic heterocycles. The van der Waals surface area contributed by atoms with Crippen molar-refractivity contribution in [3.63, 3.8) is 0 Å². The Labute approximate surface area is 165 Å². The lowest BCUT2D eigenvalue weighted by Gasteiger charge is -2.27. The first-order chi connectivity index (χ1) is 12.9. The number of amides is 2. The number of carbonyl (C=O) groups excluding carboxylic acids is 2. The van der Waals surface area contributed by atoms with Gasteiger partial charge in [-0.25, -0.2) is 0 Å². The molecule has 0 aliphatic heterocycles. The molecule has 0 atom stereocenters. The molecule has 0 spiro atoms. The first-order valence-electron chi connectivity index (χ1n) is 9.40. The fourth-order valence-corrected chi connectivity index (χ4v) is 3.64. The summed E-state index contributed by atoms with van der Waals surface area (Å²) in [5, 5.41) is 3.41. The molecule has 27 heavy (non-hydrogen) atoms. The van der Waals surface area contributed by atoms with Crippen LogP contribution in [0.3, 0.4) is 0 Å². The molecule has 2 amide bonds. The molecule has 0 aliphatic carbocycles. The Kier molecular flexibility index (Phi) is 8.06. The van der Waals surface area contributed by atoms with Gasteiger partial charge < -0.3 is 19.5 Å². The lowest BCUT2D eigenvalue weighted by Crippen LogP contribution is -2.40. The second-order valence-electron chi connectivity index (χ2n) is 6.77. The first kappa shape index (κ1) is 21.2. The maximum atomic E-state index is 13.0. The summed E-state index contributed by atoms with van der Waals surface area (Å²) in [6.45, 7) is 12.7. The van der Waals surface area contributed by atoms with Crippen LogP contribution >= 0.6 is 11.3 Å². The molecule has 0 saturated heterocycles. The van der Waals surface area contributed by atoms with Gasteiger partial charge in [-0.05, 0) is 43.3 Å². The number of hydrogen-bond acceptors (Lipinski definition) is 5. The molecule has 0 radical (unpaired) electrons. The largest absolute Gasteiger partial charge is 0.459 e. The van der Waals surface area contributed by atoms with Gasteiger partial charge in [-0.3, -0.25) is 9.59 Å². The Hall–Kier alpha value is -2.12. The molecule has 0 bridgehead atoms. The number of nitrogens with zero attached hydrogens (tertiary/aromatic N) is 2. The zero-order chi connectivity index (χ0) is 19.8. The minimum Gasteiger partial charge on any atom is -0.459 e. The fourth-order valence-electron chi connectivity index (χ4n) is 2.78. The molecule has 0 fully saturated rings. The Morgan fingerprint density at radius 2 is 1.89 bits per heavy atom. The molecule has 0 unspecified atom stereocenters.